The van der Waals surface area contributed by atoms with E-state index in [1.165, 1.54) is 0 Å². The number of fused-ring (bicyclic) bond motifs is 1. The number of carbonyl (C=O) groups excluding carboxylic acids is 1. The number of hydrogen-bond donors (Lipinski definition) is 0. The third-order valence-corrected chi connectivity index (χ3v) is 3.60. The summed E-state index contributed by atoms with van der Waals surface area (Å²) in [6.07, 6.45) is 2.47. The fraction of sp³-hybridized carbons (Fsp3) is 0.400. The average Bonchev–Trinajstić information content (AvgIpc) is 2.45. The summed E-state index contributed by atoms with van der Waals surface area (Å²) >= 11 is 0. The summed E-state index contributed by atoms with van der Waals surface area (Å²) in [5, 5.41) is 0. The van der Waals surface area contributed by atoms with Crippen LogP contribution in [0.15, 0.2) is 12.6 Å². The largest absolute Gasteiger partial charge is 0.493 e. The Balaban J connectivity index is 2.65. The summed E-state index contributed by atoms with van der Waals surface area (Å²) in [5.74, 6) is 1.71. The van der Waals surface area contributed by atoms with Gasteiger partial charge in [-0.1, -0.05) is 6.58 Å². The molecular weight excluding hydrogens is 244 g/mol. The first kappa shape index (κ1) is 13.5. The topological polar surface area (TPSA) is 44.8 Å². The molecule has 0 saturated heterocycles. The Morgan fingerprint density at radius 3 is 2.42 bits per heavy atom. The van der Waals surface area contributed by atoms with E-state index in [4.69, 9.17) is 14.2 Å². The predicted octanol–water partition coefficient (Wildman–Crippen LogP) is 2.49. The number of hydrogen-bond acceptors (Lipinski definition) is 4. The second kappa shape index (κ2) is 5.34. The minimum absolute atomic E-state index is 0.129. The van der Waals surface area contributed by atoms with E-state index < -0.39 is 0 Å². The van der Waals surface area contributed by atoms with Crippen molar-refractivity contribution in [2.75, 3.05) is 21.3 Å². The van der Waals surface area contributed by atoms with E-state index in [1.54, 1.807) is 21.3 Å². The summed E-state index contributed by atoms with van der Waals surface area (Å²) in [4.78, 5) is 11.1. The molecule has 1 atom stereocenters. The molecule has 19 heavy (non-hydrogen) atoms. The maximum atomic E-state index is 11.1. The normalized spacial score (nSPS) is 17.6. The zero-order chi connectivity index (χ0) is 14.0. The molecule has 0 radical (unpaired) electrons. The van der Waals surface area contributed by atoms with E-state index >= 15 is 0 Å². The van der Waals surface area contributed by atoms with Gasteiger partial charge in [-0.15, -0.1) is 0 Å². The van der Waals surface area contributed by atoms with Crippen molar-refractivity contribution < 1.29 is 19.0 Å². The van der Waals surface area contributed by atoms with Crippen molar-refractivity contribution in [2.24, 2.45) is 5.92 Å². The average molecular weight is 262 g/mol. The number of rotatable bonds is 4. The highest BCUT2D eigenvalue weighted by atomic mass is 16.5. The molecule has 0 aromatic heterocycles. The molecule has 2 rings (SSSR count). The molecule has 0 amide bonds. The summed E-state index contributed by atoms with van der Waals surface area (Å²) in [6, 6.07) is 1.87. The lowest BCUT2D eigenvalue weighted by atomic mass is 9.80. The summed E-state index contributed by atoms with van der Waals surface area (Å²) in [6.45, 7) is 4.03. The van der Waals surface area contributed by atoms with Gasteiger partial charge in [-0.05, 0) is 30.0 Å². The Bertz CT molecular complexity index is 519. The lowest BCUT2D eigenvalue weighted by Crippen LogP contribution is -2.15. The zero-order valence-electron chi connectivity index (χ0n) is 11.5. The van der Waals surface area contributed by atoms with Crippen LogP contribution in [-0.2, 0) is 11.2 Å². The van der Waals surface area contributed by atoms with Crippen LogP contribution in [0.5, 0.6) is 17.2 Å². The lowest BCUT2D eigenvalue weighted by molar-refractivity contribution is -0.109. The third kappa shape index (κ3) is 2.07. The minimum Gasteiger partial charge on any atom is -0.493 e. The minimum atomic E-state index is -0.129. The molecule has 0 saturated carbocycles. The van der Waals surface area contributed by atoms with Gasteiger partial charge in [0.25, 0.3) is 0 Å². The van der Waals surface area contributed by atoms with Crippen molar-refractivity contribution in [3.63, 3.8) is 0 Å². The van der Waals surface area contributed by atoms with Crippen molar-refractivity contribution in [2.45, 2.75) is 12.8 Å². The first-order chi connectivity index (χ1) is 9.17. The molecule has 4 nitrogen and oxygen atoms in total. The molecule has 102 valence electrons. The first-order valence-electron chi connectivity index (χ1n) is 6.14. The van der Waals surface area contributed by atoms with Gasteiger partial charge in [-0.3, -0.25) is 0 Å². The maximum absolute atomic E-state index is 11.1. The van der Waals surface area contributed by atoms with E-state index in [9.17, 15) is 4.79 Å². The number of carbonyl (C=O) groups is 1. The standard InChI is InChI=1S/C15H18O4/c1-9-10(8-16)5-6-11-12(9)7-13(17-2)15(19-4)14(11)18-3/h7-8,10H,1,5-6H2,2-4H3. The molecule has 1 aliphatic rings. The molecule has 0 N–H and O–H groups in total. The molecule has 4 heteroatoms. The first-order valence-corrected chi connectivity index (χ1v) is 6.14. The fourth-order valence-corrected chi connectivity index (χ4v) is 2.57. The maximum Gasteiger partial charge on any atom is 0.203 e. The van der Waals surface area contributed by atoms with Crippen LogP contribution in [0, 0.1) is 5.92 Å². The number of methoxy groups -OCH3 is 3. The van der Waals surface area contributed by atoms with Crippen molar-refractivity contribution >= 4 is 11.9 Å². The van der Waals surface area contributed by atoms with Gasteiger partial charge in [0.05, 0.1) is 21.3 Å². The fourth-order valence-electron chi connectivity index (χ4n) is 2.57. The molecule has 1 aromatic rings. The van der Waals surface area contributed by atoms with Gasteiger partial charge in [0, 0.05) is 11.5 Å². The number of benzene rings is 1. The summed E-state index contributed by atoms with van der Waals surface area (Å²) in [5.41, 5.74) is 2.77. The summed E-state index contributed by atoms with van der Waals surface area (Å²) < 4.78 is 16.2. The summed E-state index contributed by atoms with van der Waals surface area (Å²) in [7, 11) is 4.76. The van der Waals surface area contributed by atoms with Crippen LogP contribution in [0.2, 0.25) is 0 Å². The van der Waals surface area contributed by atoms with Gasteiger partial charge >= 0.3 is 0 Å². The van der Waals surface area contributed by atoms with Gasteiger partial charge in [0.15, 0.2) is 11.5 Å². The molecule has 1 aromatic carbocycles. The Hall–Kier alpha value is -1.97. The third-order valence-electron chi connectivity index (χ3n) is 3.60. The molecule has 1 unspecified atom stereocenters. The number of allylic oxidation sites excluding steroid dienone is 1. The van der Waals surface area contributed by atoms with Crippen LogP contribution in [0.4, 0.5) is 0 Å². The highest BCUT2D eigenvalue weighted by Gasteiger charge is 2.28. The highest BCUT2D eigenvalue weighted by molar-refractivity contribution is 5.84. The Morgan fingerprint density at radius 1 is 1.21 bits per heavy atom. The number of aldehydes is 1. The molecule has 0 bridgehead atoms. The molecule has 0 aliphatic heterocycles. The van der Waals surface area contributed by atoms with E-state index in [1.807, 2.05) is 6.07 Å². The van der Waals surface area contributed by atoms with E-state index in [0.29, 0.717) is 17.2 Å². The van der Waals surface area contributed by atoms with Gasteiger partial charge < -0.3 is 19.0 Å². The Morgan fingerprint density at radius 2 is 1.89 bits per heavy atom. The Labute approximate surface area is 113 Å². The van der Waals surface area contributed by atoms with Crippen LogP contribution in [0.1, 0.15) is 17.5 Å². The lowest BCUT2D eigenvalue weighted by Gasteiger charge is -2.27. The molecule has 0 fully saturated rings. The molecular formula is C15H18O4. The van der Waals surface area contributed by atoms with Crippen molar-refractivity contribution in [3.05, 3.63) is 23.8 Å². The molecule has 0 spiro atoms. The molecule has 1 aliphatic carbocycles. The zero-order valence-corrected chi connectivity index (χ0v) is 11.5. The SMILES string of the molecule is C=C1c2cc(OC)c(OC)c(OC)c2CCC1C=O. The van der Waals surface area contributed by atoms with Crippen LogP contribution < -0.4 is 14.2 Å². The van der Waals surface area contributed by atoms with E-state index in [-0.39, 0.29) is 5.92 Å². The van der Waals surface area contributed by atoms with Crippen molar-refractivity contribution in [1.82, 2.24) is 0 Å². The van der Waals surface area contributed by atoms with Gasteiger partial charge in [0.2, 0.25) is 5.75 Å². The monoisotopic (exact) mass is 262 g/mol. The van der Waals surface area contributed by atoms with Crippen LogP contribution in [0.25, 0.3) is 5.57 Å². The predicted molar refractivity (Wildman–Crippen MR) is 73.0 cm³/mol. The van der Waals surface area contributed by atoms with E-state index in [0.717, 1.165) is 35.8 Å². The van der Waals surface area contributed by atoms with Crippen LogP contribution in [0.3, 0.4) is 0 Å². The van der Waals surface area contributed by atoms with Crippen molar-refractivity contribution in [1.29, 1.82) is 0 Å². The van der Waals surface area contributed by atoms with E-state index in [2.05, 4.69) is 6.58 Å². The highest BCUT2D eigenvalue weighted by Crippen LogP contribution is 2.47. The Kier molecular flexibility index (Phi) is 3.79. The van der Waals surface area contributed by atoms with Gasteiger partial charge in [-0.25, -0.2) is 0 Å². The van der Waals surface area contributed by atoms with Crippen LogP contribution >= 0.6 is 0 Å². The van der Waals surface area contributed by atoms with Crippen LogP contribution in [-0.4, -0.2) is 27.6 Å². The van der Waals surface area contributed by atoms with Crippen molar-refractivity contribution in [3.8, 4) is 17.2 Å². The molecule has 0 heterocycles. The number of ether oxygens (including phenoxy) is 3. The van der Waals surface area contributed by atoms with Gasteiger partial charge in [0.1, 0.15) is 6.29 Å². The quantitative estimate of drug-likeness (QED) is 0.782. The second-order valence-electron chi connectivity index (χ2n) is 4.48. The second-order valence-corrected chi connectivity index (χ2v) is 4.48. The smallest absolute Gasteiger partial charge is 0.203 e. The van der Waals surface area contributed by atoms with Gasteiger partial charge in [-0.2, -0.15) is 0 Å².